The van der Waals surface area contributed by atoms with Crippen LogP contribution in [-0.2, 0) is 0 Å². The van der Waals surface area contributed by atoms with Crippen molar-refractivity contribution in [3.05, 3.63) is 131 Å². The van der Waals surface area contributed by atoms with Crippen LogP contribution in [0.2, 0.25) is 0 Å². The molecule has 0 fully saturated rings. The number of hydrogen-bond donors (Lipinski definition) is 0. The van der Waals surface area contributed by atoms with E-state index < -0.39 is 0 Å². The van der Waals surface area contributed by atoms with Gasteiger partial charge in [-0.1, -0.05) is 96.6 Å². The first-order valence-corrected chi connectivity index (χ1v) is 12.4. The second-order valence-corrected chi connectivity index (χ2v) is 9.74. The predicted molar refractivity (Wildman–Crippen MR) is 152 cm³/mol. The molecule has 0 nitrogen and oxygen atoms in total. The average Bonchev–Trinajstić information content (AvgIpc) is 2.87. The summed E-state index contributed by atoms with van der Waals surface area (Å²) in [6.07, 6.45) is 0. The molecular formula is C35H32. The van der Waals surface area contributed by atoms with Crippen LogP contribution in [0.25, 0.3) is 44.5 Å². The van der Waals surface area contributed by atoms with E-state index in [-0.39, 0.29) is 0 Å². The molecule has 35 heavy (non-hydrogen) atoms. The van der Waals surface area contributed by atoms with Crippen molar-refractivity contribution < 1.29 is 0 Å². The molecule has 0 aromatic heterocycles. The van der Waals surface area contributed by atoms with Gasteiger partial charge in [-0.2, -0.15) is 0 Å². The first-order valence-electron chi connectivity index (χ1n) is 12.4. The van der Waals surface area contributed by atoms with Crippen LogP contribution in [0.5, 0.6) is 0 Å². The Morgan fingerprint density at radius 2 is 0.714 bits per heavy atom. The summed E-state index contributed by atoms with van der Waals surface area (Å²) in [5.41, 5.74) is 16.8. The van der Waals surface area contributed by atoms with Crippen LogP contribution in [0.1, 0.15) is 27.8 Å². The molecule has 0 heteroatoms. The highest BCUT2D eigenvalue weighted by Crippen LogP contribution is 2.38. The van der Waals surface area contributed by atoms with Crippen molar-refractivity contribution >= 4 is 0 Å². The van der Waals surface area contributed by atoms with Crippen molar-refractivity contribution in [2.45, 2.75) is 34.6 Å². The van der Waals surface area contributed by atoms with Crippen LogP contribution in [-0.4, -0.2) is 0 Å². The Morgan fingerprint density at radius 1 is 0.314 bits per heavy atom. The van der Waals surface area contributed by atoms with Gasteiger partial charge in [-0.25, -0.2) is 0 Å². The van der Waals surface area contributed by atoms with Gasteiger partial charge in [-0.05, 0) is 114 Å². The summed E-state index contributed by atoms with van der Waals surface area (Å²) in [6.45, 7) is 11.0. The fourth-order valence-corrected chi connectivity index (χ4v) is 5.04. The summed E-state index contributed by atoms with van der Waals surface area (Å²) in [5, 5.41) is 0. The van der Waals surface area contributed by atoms with E-state index in [1.807, 2.05) is 0 Å². The van der Waals surface area contributed by atoms with E-state index in [1.165, 1.54) is 72.3 Å². The fourth-order valence-electron chi connectivity index (χ4n) is 5.04. The van der Waals surface area contributed by atoms with E-state index in [9.17, 15) is 0 Å². The summed E-state index contributed by atoms with van der Waals surface area (Å²) in [5.74, 6) is 0. The molecule has 0 heterocycles. The first-order chi connectivity index (χ1) is 16.9. The van der Waals surface area contributed by atoms with Gasteiger partial charge in [0.1, 0.15) is 0 Å². The van der Waals surface area contributed by atoms with Gasteiger partial charge in [0.15, 0.2) is 0 Å². The van der Waals surface area contributed by atoms with Crippen LogP contribution in [0.4, 0.5) is 0 Å². The van der Waals surface area contributed by atoms with E-state index in [0.29, 0.717) is 0 Å². The Bertz CT molecular complexity index is 1530. The Hall–Kier alpha value is -3.90. The molecule has 172 valence electrons. The van der Waals surface area contributed by atoms with Gasteiger partial charge in [0.2, 0.25) is 0 Å². The minimum Gasteiger partial charge on any atom is -0.0620 e. The minimum absolute atomic E-state index is 1.25. The van der Waals surface area contributed by atoms with Gasteiger partial charge < -0.3 is 0 Å². The second kappa shape index (κ2) is 9.39. The zero-order valence-corrected chi connectivity index (χ0v) is 21.3. The highest BCUT2D eigenvalue weighted by molar-refractivity contribution is 5.88. The molecule has 0 saturated heterocycles. The van der Waals surface area contributed by atoms with Crippen LogP contribution < -0.4 is 0 Å². The maximum Gasteiger partial charge on any atom is -0.0102 e. The van der Waals surface area contributed by atoms with Gasteiger partial charge in [-0.15, -0.1) is 0 Å². The van der Waals surface area contributed by atoms with Gasteiger partial charge in [0.25, 0.3) is 0 Å². The van der Waals surface area contributed by atoms with E-state index in [1.54, 1.807) is 0 Å². The quantitative estimate of drug-likeness (QED) is 0.254. The first kappa shape index (κ1) is 22.9. The Labute approximate surface area is 209 Å². The lowest BCUT2D eigenvalue weighted by Gasteiger charge is -2.17. The van der Waals surface area contributed by atoms with Crippen molar-refractivity contribution in [2.24, 2.45) is 0 Å². The molecule has 5 rings (SSSR count). The monoisotopic (exact) mass is 452 g/mol. The molecule has 0 spiro atoms. The molecular weight excluding hydrogens is 420 g/mol. The minimum atomic E-state index is 1.25. The normalized spacial score (nSPS) is 11.0. The van der Waals surface area contributed by atoms with E-state index >= 15 is 0 Å². The van der Waals surface area contributed by atoms with Crippen molar-refractivity contribution in [1.29, 1.82) is 0 Å². The molecule has 0 aliphatic heterocycles. The third kappa shape index (κ3) is 4.45. The highest BCUT2D eigenvalue weighted by atomic mass is 14.2. The molecule has 0 radical (unpaired) electrons. The Morgan fingerprint density at radius 3 is 1.26 bits per heavy atom. The van der Waals surface area contributed by atoms with E-state index in [0.717, 1.165) is 0 Å². The molecule has 5 aromatic rings. The highest BCUT2D eigenvalue weighted by Gasteiger charge is 2.13. The summed E-state index contributed by atoms with van der Waals surface area (Å²) < 4.78 is 0. The third-order valence-electron chi connectivity index (χ3n) is 7.14. The van der Waals surface area contributed by atoms with E-state index in [2.05, 4.69) is 138 Å². The van der Waals surface area contributed by atoms with Gasteiger partial charge in [0, 0.05) is 0 Å². The van der Waals surface area contributed by atoms with Crippen molar-refractivity contribution in [1.82, 2.24) is 0 Å². The smallest absolute Gasteiger partial charge is 0.0102 e. The summed E-state index contributed by atoms with van der Waals surface area (Å²) in [4.78, 5) is 0. The molecule has 0 aliphatic rings. The molecule has 0 amide bonds. The Balaban J connectivity index is 1.65. The van der Waals surface area contributed by atoms with Crippen LogP contribution in [0.15, 0.2) is 103 Å². The number of benzene rings is 5. The summed E-state index contributed by atoms with van der Waals surface area (Å²) in [6, 6.07) is 37.9. The standard InChI is InChI=1S/C35H32/c1-23-14-15-25(3)33(20-23)31-12-8-9-13-32(31)35-22-29(19-17-27(35)5)28-18-16-26(4)34(21-28)30-11-7-6-10-24(30)2/h6-22H,1-5H3. The fraction of sp³-hybridized carbons (Fsp3) is 0.143. The topological polar surface area (TPSA) is 0 Å². The van der Waals surface area contributed by atoms with Crippen LogP contribution >= 0.6 is 0 Å². The molecule has 0 atom stereocenters. The predicted octanol–water partition coefficient (Wildman–Crippen LogP) is 9.90. The van der Waals surface area contributed by atoms with Crippen LogP contribution in [0, 0.1) is 34.6 Å². The van der Waals surface area contributed by atoms with Gasteiger partial charge >= 0.3 is 0 Å². The molecule has 0 bridgehead atoms. The average molecular weight is 453 g/mol. The largest absolute Gasteiger partial charge is 0.0620 e. The Kier molecular flexibility index (Phi) is 6.14. The summed E-state index contributed by atoms with van der Waals surface area (Å²) >= 11 is 0. The van der Waals surface area contributed by atoms with Gasteiger partial charge in [-0.3, -0.25) is 0 Å². The van der Waals surface area contributed by atoms with Crippen LogP contribution in [0.3, 0.4) is 0 Å². The van der Waals surface area contributed by atoms with E-state index in [4.69, 9.17) is 0 Å². The van der Waals surface area contributed by atoms with Crippen molar-refractivity contribution in [3.63, 3.8) is 0 Å². The lowest BCUT2D eigenvalue weighted by atomic mass is 9.87. The lowest BCUT2D eigenvalue weighted by Crippen LogP contribution is -1.92. The SMILES string of the molecule is Cc1ccc(C)c(-c2ccccc2-c2cc(-c3ccc(C)c(-c4ccccc4C)c3)ccc2C)c1. The van der Waals surface area contributed by atoms with Gasteiger partial charge in [0.05, 0.1) is 0 Å². The number of aryl methyl sites for hydroxylation is 5. The number of hydrogen-bond acceptors (Lipinski definition) is 0. The molecule has 0 aliphatic carbocycles. The summed E-state index contributed by atoms with van der Waals surface area (Å²) in [7, 11) is 0. The third-order valence-corrected chi connectivity index (χ3v) is 7.14. The second-order valence-electron chi connectivity index (χ2n) is 9.74. The maximum atomic E-state index is 2.37. The number of rotatable bonds is 4. The lowest BCUT2D eigenvalue weighted by molar-refractivity contribution is 1.38. The zero-order chi connectivity index (χ0) is 24.5. The van der Waals surface area contributed by atoms with Crippen molar-refractivity contribution in [3.8, 4) is 44.5 Å². The molecule has 5 aromatic carbocycles. The zero-order valence-electron chi connectivity index (χ0n) is 21.3. The van der Waals surface area contributed by atoms with Crippen molar-refractivity contribution in [2.75, 3.05) is 0 Å². The maximum absolute atomic E-state index is 2.37. The molecule has 0 N–H and O–H groups in total. The molecule has 0 saturated carbocycles. The molecule has 0 unspecified atom stereocenters.